The maximum Gasteiger partial charge on any atom is 1.00 e. The summed E-state index contributed by atoms with van der Waals surface area (Å²) in [4.78, 5) is 86.3. The van der Waals surface area contributed by atoms with Crippen LogP contribution in [-0.4, -0.2) is 107 Å². The van der Waals surface area contributed by atoms with Crippen LogP contribution < -0.4 is 54.8 Å². The van der Waals surface area contributed by atoms with Gasteiger partial charge in [0.2, 0.25) is 18.6 Å². The van der Waals surface area contributed by atoms with Crippen molar-refractivity contribution in [2.45, 2.75) is 71.8 Å². The zero-order valence-corrected chi connectivity index (χ0v) is 35.9. The van der Waals surface area contributed by atoms with Crippen LogP contribution in [0.5, 0.6) is 11.5 Å². The fraction of sp³-hybridized carbons (Fsp3) is 0.425. The van der Waals surface area contributed by atoms with Crippen LogP contribution in [0.25, 0.3) is 11.1 Å². The van der Waals surface area contributed by atoms with Gasteiger partial charge in [0, 0.05) is 14.1 Å². The molecule has 6 rings (SSSR count). The van der Waals surface area contributed by atoms with Crippen molar-refractivity contribution in [3.05, 3.63) is 71.1 Å². The Balaban J connectivity index is 0.000000265. The monoisotopic (exact) mass is 828 g/mol. The number of β-lactam (4-membered cyclic amide) rings is 2. The van der Waals surface area contributed by atoms with Gasteiger partial charge in [-0.15, -0.1) is 0 Å². The van der Waals surface area contributed by atoms with E-state index in [1.807, 2.05) is 0 Å². The molecule has 0 bridgehead atoms. The van der Waals surface area contributed by atoms with Crippen molar-refractivity contribution in [2.75, 3.05) is 20.9 Å². The van der Waals surface area contributed by atoms with Crippen molar-refractivity contribution in [1.29, 1.82) is 0 Å². The summed E-state index contributed by atoms with van der Waals surface area (Å²) < 4.78 is 20.2. The van der Waals surface area contributed by atoms with Gasteiger partial charge in [-0.2, -0.15) is 0 Å². The van der Waals surface area contributed by atoms with Gasteiger partial charge in [-0.1, -0.05) is 24.3 Å². The number of carbonyl (C=O) groups excluding carboxylic acids is 7. The fourth-order valence-electron chi connectivity index (χ4n) is 7.22. The standard InChI is InChI=1S/C23H28N2O8.C17H18N2O6.Na/c1-12(26)17-16-10-15(13-6-8-14(9-7-13)33-22(30)24-5)18(25(16)19(17)27)20(28)31-11-32-21(29)23(2,3)4;1-8(20)13-12-7-11(14(16(22)23)19(12)15(13)21)9-3-5-10(6-4-9)25-17(24)18-2;/h6-9,12,16-17,26H,10-11H2,1-5H3,(H,24,30);3-6,8,12-13,20H,7H2,1-2H3,(H,18,24)(H,22,23);/q;;+1/p-1/t12-,16-,17-;8-,12-,13-;/m11./s1. The number of hydrogen-bond acceptors (Lipinski definition) is 14. The first kappa shape index (κ1) is 46.4. The van der Waals surface area contributed by atoms with Gasteiger partial charge in [0.1, 0.15) is 17.2 Å². The van der Waals surface area contributed by atoms with Crippen LogP contribution in [0.3, 0.4) is 0 Å². The van der Waals surface area contributed by atoms with Crippen molar-refractivity contribution < 1.29 is 97.4 Å². The van der Waals surface area contributed by atoms with Crippen molar-refractivity contribution >= 4 is 53.1 Å². The molecular formula is C40H45N4NaO14. The quantitative estimate of drug-likeness (QED) is 0.0903. The Kier molecular flexibility index (Phi) is 14.8. The van der Waals surface area contributed by atoms with E-state index in [2.05, 4.69) is 10.6 Å². The van der Waals surface area contributed by atoms with Crippen LogP contribution in [0.4, 0.5) is 9.59 Å². The maximum atomic E-state index is 12.9. The Hall–Kier alpha value is -5.27. The summed E-state index contributed by atoms with van der Waals surface area (Å²) in [5.41, 5.74) is 1.37. The minimum Gasteiger partial charge on any atom is -0.543 e. The minimum absolute atomic E-state index is 0. The molecule has 2 fully saturated rings. The van der Waals surface area contributed by atoms with Crippen LogP contribution in [0.1, 0.15) is 58.6 Å². The number of amides is 4. The number of hydrogen-bond donors (Lipinski definition) is 4. The molecule has 4 aliphatic heterocycles. The van der Waals surface area contributed by atoms with Crippen LogP contribution in [-0.2, 0) is 33.4 Å². The Morgan fingerprint density at radius 3 is 1.47 bits per heavy atom. The number of esters is 2. The predicted molar refractivity (Wildman–Crippen MR) is 199 cm³/mol. The third-order valence-corrected chi connectivity index (χ3v) is 10.1. The van der Waals surface area contributed by atoms with Gasteiger partial charge in [-0.3, -0.25) is 14.4 Å². The Morgan fingerprint density at radius 1 is 0.729 bits per heavy atom. The van der Waals surface area contributed by atoms with Gasteiger partial charge in [0.25, 0.3) is 0 Å². The Labute approximate surface area is 361 Å². The van der Waals surface area contributed by atoms with E-state index >= 15 is 0 Å². The van der Waals surface area contributed by atoms with Crippen molar-refractivity contribution in [1.82, 2.24) is 20.4 Å². The fourth-order valence-corrected chi connectivity index (χ4v) is 7.22. The van der Waals surface area contributed by atoms with Crippen LogP contribution in [0.15, 0.2) is 59.9 Å². The topological polar surface area (TPSA) is 250 Å². The number of benzene rings is 2. The molecular weight excluding hydrogens is 783 g/mol. The smallest absolute Gasteiger partial charge is 0.543 e. The molecule has 6 atom stereocenters. The molecule has 2 aromatic rings. The van der Waals surface area contributed by atoms with Gasteiger partial charge >= 0.3 is 53.7 Å². The molecule has 4 N–H and O–H groups in total. The number of nitrogens with zero attached hydrogens (tertiary/aromatic N) is 2. The van der Waals surface area contributed by atoms with Gasteiger partial charge in [0.05, 0.1) is 53.2 Å². The number of aliphatic carboxylic acids is 1. The van der Waals surface area contributed by atoms with E-state index in [-0.39, 0.29) is 58.9 Å². The maximum absolute atomic E-state index is 12.9. The number of fused-ring (bicyclic) bond motifs is 2. The average molecular weight is 829 g/mol. The average Bonchev–Trinajstić information content (AvgIpc) is 3.68. The van der Waals surface area contributed by atoms with Gasteiger partial charge in [-0.05, 0) is 94.0 Å². The van der Waals surface area contributed by atoms with Gasteiger partial charge in [-0.25, -0.2) is 14.4 Å². The molecule has 310 valence electrons. The number of nitrogens with one attached hydrogen (secondary N) is 2. The molecule has 0 saturated carbocycles. The van der Waals surface area contributed by atoms with Crippen molar-refractivity contribution in [3.8, 4) is 11.5 Å². The van der Waals surface area contributed by atoms with Crippen LogP contribution in [0.2, 0.25) is 0 Å². The summed E-state index contributed by atoms with van der Waals surface area (Å²) in [5, 5.41) is 35.9. The molecule has 18 nitrogen and oxygen atoms in total. The third kappa shape index (κ3) is 9.63. The first-order chi connectivity index (χ1) is 27.3. The van der Waals surface area contributed by atoms with Gasteiger partial charge < -0.3 is 59.5 Å². The number of ether oxygens (including phenoxy) is 4. The second-order valence-corrected chi connectivity index (χ2v) is 15.0. The summed E-state index contributed by atoms with van der Waals surface area (Å²) in [7, 11) is 2.88. The molecule has 59 heavy (non-hydrogen) atoms. The number of rotatable bonds is 10. The van der Waals surface area contributed by atoms with E-state index in [9.17, 15) is 48.9 Å². The van der Waals surface area contributed by atoms with E-state index in [1.165, 1.54) is 49.9 Å². The van der Waals surface area contributed by atoms with E-state index in [4.69, 9.17) is 18.9 Å². The van der Waals surface area contributed by atoms with E-state index in [1.54, 1.807) is 57.2 Å². The zero-order chi connectivity index (χ0) is 42.8. The summed E-state index contributed by atoms with van der Waals surface area (Å²) in [6.45, 7) is 7.48. The molecule has 0 aliphatic carbocycles. The van der Waals surface area contributed by atoms with E-state index in [0.29, 0.717) is 46.6 Å². The Bertz CT molecular complexity index is 2060. The predicted octanol–water partition coefficient (Wildman–Crippen LogP) is -1.70. The van der Waals surface area contributed by atoms with E-state index < -0.39 is 72.3 Å². The molecule has 19 heteroatoms. The summed E-state index contributed by atoms with van der Waals surface area (Å²) >= 11 is 0. The first-order valence-electron chi connectivity index (χ1n) is 18.3. The summed E-state index contributed by atoms with van der Waals surface area (Å²) in [6.07, 6.45) is -2.29. The van der Waals surface area contributed by atoms with E-state index in [0.717, 1.165) is 0 Å². The molecule has 0 spiro atoms. The second-order valence-electron chi connectivity index (χ2n) is 15.0. The van der Waals surface area contributed by atoms with Crippen molar-refractivity contribution in [3.63, 3.8) is 0 Å². The van der Waals surface area contributed by atoms with Crippen LogP contribution >= 0.6 is 0 Å². The number of carboxylic acids is 1. The molecule has 2 aromatic carbocycles. The Morgan fingerprint density at radius 2 is 1.12 bits per heavy atom. The molecule has 0 radical (unpaired) electrons. The number of carboxylic acid groups (broad SMARTS) is 1. The molecule has 0 aromatic heterocycles. The SMILES string of the molecule is CNC(=O)Oc1ccc(C2=C(C(=O)OCOC(=O)C(C)(C)C)N3C(=O)[C@H]([C@@H](C)O)[C@H]3C2)cc1.CNC(=O)Oc1ccc(C2=C(C(=O)[O-])N3C(=O)[C@H]([C@@H](C)O)[C@H]3C2)cc1.[Na+]. The van der Waals surface area contributed by atoms with Gasteiger partial charge in [0.15, 0.2) is 0 Å². The molecule has 0 unspecified atom stereocenters. The number of aliphatic hydroxyl groups is 2. The third-order valence-electron chi connectivity index (χ3n) is 10.1. The molecule has 4 aliphatic rings. The molecule has 4 amide bonds. The van der Waals surface area contributed by atoms with Crippen LogP contribution in [0, 0.1) is 17.3 Å². The summed E-state index contributed by atoms with van der Waals surface area (Å²) in [6, 6.07) is 12.0. The first-order valence-corrected chi connectivity index (χ1v) is 18.3. The van der Waals surface area contributed by atoms with Crippen molar-refractivity contribution in [2.24, 2.45) is 17.3 Å². The number of aliphatic hydroxyl groups excluding tert-OH is 2. The second kappa shape index (κ2) is 18.8. The molecule has 2 saturated heterocycles. The molecule has 4 heterocycles. The number of carbonyl (C=O) groups is 7. The normalized spacial score (nSPS) is 21.2. The minimum atomic E-state index is -1.43. The summed E-state index contributed by atoms with van der Waals surface area (Å²) in [5.74, 6) is -4.18. The largest absolute Gasteiger partial charge is 1.00 e. The zero-order valence-electron chi connectivity index (χ0n) is 33.9.